The molecule has 0 unspecified atom stereocenters. The van der Waals surface area contributed by atoms with Crippen LogP contribution in [-0.2, 0) is 10.1 Å². The van der Waals surface area contributed by atoms with Crippen LogP contribution in [0.4, 0.5) is 5.82 Å². The van der Waals surface area contributed by atoms with Crippen LogP contribution in [0.15, 0.2) is 18.3 Å². The summed E-state index contributed by atoms with van der Waals surface area (Å²) in [7, 11) is 0. The number of nitrogens with zero attached hydrogens (tertiary/aromatic N) is 2. The second kappa shape index (κ2) is 4.75. The van der Waals surface area contributed by atoms with Gasteiger partial charge in [0.1, 0.15) is 5.82 Å². The third kappa shape index (κ3) is 2.07. The first-order valence-electron chi connectivity index (χ1n) is 4.74. The van der Waals surface area contributed by atoms with Crippen molar-refractivity contribution in [3.8, 4) is 0 Å². The number of rotatable bonds is 2. The van der Waals surface area contributed by atoms with Gasteiger partial charge in [-0.15, -0.1) is 0 Å². The molecule has 76 valence electrons. The van der Waals surface area contributed by atoms with Crippen LogP contribution in [0, 0.1) is 0 Å². The SMILES string of the molecule is BrCc1cccnc1N1CCOCC1. The van der Waals surface area contributed by atoms with E-state index in [1.54, 1.807) is 0 Å². The molecule has 14 heavy (non-hydrogen) atoms. The molecule has 3 nitrogen and oxygen atoms in total. The van der Waals surface area contributed by atoms with Crippen LogP contribution < -0.4 is 4.90 Å². The smallest absolute Gasteiger partial charge is 0.132 e. The molecule has 0 atom stereocenters. The molecular formula is C10H13BrN2O. The Morgan fingerprint density at radius 2 is 2.21 bits per heavy atom. The monoisotopic (exact) mass is 256 g/mol. The van der Waals surface area contributed by atoms with E-state index in [1.165, 1.54) is 5.56 Å². The Morgan fingerprint density at radius 1 is 1.43 bits per heavy atom. The molecule has 0 aliphatic carbocycles. The standard InChI is InChI=1S/C10H13BrN2O/c11-8-9-2-1-3-12-10(9)13-4-6-14-7-5-13/h1-3H,4-8H2. The maximum Gasteiger partial charge on any atom is 0.132 e. The lowest BCUT2D eigenvalue weighted by Gasteiger charge is -2.29. The average molecular weight is 257 g/mol. The number of alkyl halides is 1. The summed E-state index contributed by atoms with van der Waals surface area (Å²) in [5, 5.41) is 0.855. The van der Waals surface area contributed by atoms with Crippen molar-refractivity contribution in [3.05, 3.63) is 23.9 Å². The Morgan fingerprint density at radius 3 is 2.93 bits per heavy atom. The number of anilines is 1. The molecule has 0 bridgehead atoms. The van der Waals surface area contributed by atoms with E-state index < -0.39 is 0 Å². The maximum absolute atomic E-state index is 5.31. The highest BCUT2D eigenvalue weighted by atomic mass is 79.9. The van der Waals surface area contributed by atoms with Crippen LogP contribution in [-0.4, -0.2) is 31.3 Å². The molecule has 0 amide bonds. The van der Waals surface area contributed by atoms with Crippen LogP contribution >= 0.6 is 15.9 Å². The molecule has 2 heterocycles. The normalized spacial score (nSPS) is 17.1. The average Bonchev–Trinajstić information content (AvgIpc) is 2.30. The van der Waals surface area contributed by atoms with Crippen LogP contribution in [0.5, 0.6) is 0 Å². The van der Waals surface area contributed by atoms with E-state index in [9.17, 15) is 0 Å². The van der Waals surface area contributed by atoms with E-state index >= 15 is 0 Å². The van der Waals surface area contributed by atoms with Gasteiger partial charge in [0.25, 0.3) is 0 Å². The first-order valence-corrected chi connectivity index (χ1v) is 5.86. The van der Waals surface area contributed by atoms with E-state index in [-0.39, 0.29) is 0 Å². The Kier molecular flexibility index (Phi) is 3.37. The van der Waals surface area contributed by atoms with Crippen molar-refractivity contribution in [2.75, 3.05) is 31.2 Å². The highest BCUT2D eigenvalue weighted by molar-refractivity contribution is 9.08. The molecule has 0 N–H and O–H groups in total. The van der Waals surface area contributed by atoms with Crippen molar-refractivity contribution < 1.29 is 4.74 Å². The Hall–Kier alpha value is -0.610. The maximum atomic E-state index is 5.31. The summed E-state index contributed by atoms with van der Waals surface area (Å²) in [5.41, 5.74) is 1.24. The second-order valence-electron chi connectivity index (χ2n) is 3.22. The molecule has 1 aromatic heterocycles. The third-order valence-corrected chi connectivity index (χ3v) is 2.93. The largest absolute Gasteiger partial charge is 0.378 e. The summed E-state index contributed by atoms with van der Waals surface area (Å²) in [4.78, 5) is 6.69. The lowest BCUT2D eigenvalue weighted by Crippen LogP contribution is -2.37. The predicted molar refractivity (Wildman–Crippen MR) is 59.9 cm³/mol. The van der Waals surface area contributed by atoms with Gasteiger partial charge in [-0.25, -0.2) is 4.98 Å². The summed E-state index contributed by atoms with van der Waals surface area (Å²) in [6.07, 6.45) is 1.84. The fourth-order valence-electron chi connectivity index (χ4n) is 1.59. The van der Waals surface area contributed by atoms with Gasteiger partial charge in [0.2, 0.25) is 0 Å². The number of halogens is 1. The van der Waals surface area contributed by atoms with Gasteiger partial charge >= 0.3 is 0 Å². The minimum atomic E-state index is 0.804. The number of morpholine rings is 1. The lowest BCUT2D eigenvalue weighted by molar-refractivity contribution is 0.122. The molecule has 1 aliphatic rings. The molecule has 2 rings (SSSR count). The van der Waals surface area contributed by atoms with Gasteiger partial charge in [-0.2, -0.15) is 0 Å². The van der Waals surface area contributed by atoms with E-state index in [0.717, 1.165) is 37.5 Å². The number of pyridine rings is 1. The van der Waals surface area contributed by atoms with Gasteiger partial charge in [-0.05, 0) is 6.07 Å². The molecule has 4 heteroatoms. The molecule has 0 saturated carbocycles. The summed E-state index contributed by atoms with van der Waals surface area (Å²) >= 11 is 3.48. The summed E-state index contributed by atoms with van der Waals surface area (Å²) in [6, 6.07) is 4.08. The van der Waals surface area contributed by atoms with E-state index in [4.69, 9.17) is 4.74 Å². The molecule has 0 radical (unpaired) electrons. The van der Waals surface area contributed by atoms with Crippen molar-refractivity contribution >= 4 is 21.7 Å². The lowest BCUT2D eigenvalue weighted by atomic mass is 10.2. The molecule has 0 aromatic carbocycles. The first kappa shape index (κ1) is 9.93. The van der Waals surface area contributed by atoms with Crippen LogP contribution in [0.3, 0.4) is 0 Å². The summed E-state index contributed by atoms with van der Waals surface area (Å²) in [6.45, 7) is 3.49. The van der Waals surface area contributed by atoms with E-state index in [1.807, 2.05) is 12.3 Å². The topological polar surface area (TPSA) is 25.4 Å². The Bertz CT molecular complexity index is 300. The number of hydrogen-bond acceptors (Lipinski definition) is 3. The molecule has 1 aromatic rings. The minimum absolute atomic E-state index is 0.804. The molecular weight excluding hydrogens is 244 g/mol. The van der Waals surface area contributed by atoms with Crippen molar-refractivity contribution in [2.45, 2.75) is 5.33 Å². The third-order valence-electron chi connectivity index (χ3n) is 2.32. The zero-order chi connectivity index (χ0) is 9.80. The number of ether oxygens (including phenoxy) is 1. The van der Waals surface area contributed by atoms with Crippen LogP contribution in [0.1, 0.15) is 5.56 Å². The van der Waals surface area contributed by atoms with Gasteiger partial charge in [0, 0.05) is 30.2 Å². The molecule has 1 fully saturated rings. The van der Waals surface area contributed by atoms with E-state index in [0.29, 0.717) is 0 Å². The second-order valence-corrected chi connectivity index (χ2v) is 3.78. The summed E-state index contributed by atoms with van der Waals surface area (Å²) < 4.78 is 5.31. The molecule has 0 spiro atoms. The summed E-state index contributed by atoms with van der Waals surface area (Å²) in [5.74, 6) is 1.09. The first-order chi connectivity index (χ1) is 6.92. The van der Waals surface area contributed by atoms with Gasteiger partial charge < -0.3 is 9.64 Å². The van der Waals surface area contributed by atoms with E-state index in [2.05, 4.69) is 31.9 Å². The van der Waals surface area contributed by atoms with Gasteiger partial charge in [0.15, 0.2) is 0 Å². The van der Waals surface area contributed by atoms with Gasteiger partial charge in [-0.3, -0.25) is 0 Å². The van der Waals surface area contributed by atoms with Crippen molar-refractivity contribution in [3.63, 3.8) is 0 Å². The van der Waals surface area contributed by atoms with Crippen molar-refractivity contribution in [2.24, 2.45) is 0 Å². The molecule has 1 aliphatic heterocycles. The predicted octanol–water partition coefficient (Wildman–Crippen LogP) is 1.81. The van der Waals surface area contributed by atoms with Crippen molar-refractivity contribution in [1.29, 1.82) is 0 Å². The zero-order valence-corrected chi connectivity index (χ0v) is 9.53. The van der Waals surface area contributed by atoms with Crippen LogP contribution in [0.25, 0.3) is 0 Å². The quantitative estimate of drug-likeness (QED) is 0.755. The Balaban J connectivity index is 2.20. The van der Waals surface area contributed by atoms with Crippen molar-refractivity contribution in [1.82, 2.24) is 4.98 Å². The fourth-order valence-corrected chi connectivity index (χ4v) is 2.03. The number of aromatic nitrogens is 1. The highest BCUT2D eigenvalue weighted by Crippen LogP contribution is 2.20. The number of hydrogen-bond donors (Lipinski definition) is 0. The van der Waals surface area contributed by atoms with Crippen LogP contribution in [0.2, 0.25) is 0 Å². The molecule has 1 saturated heterocycles. The van der Waals surface area contributed by atoms with Gasteiger partial charge in [-0.1, -0.05) is 22.0 Å². The Labute approximate surface area is 92.2 Å². The van der Waals surface area contributed by atoms with Gasteiger partial charge in [0.05, 0.1) is 13.2 Å². The minimum Gasteiger partial charge on any atom is -0.378 e. The zero-order valence-electron chi connectivity index (χ0n) is 7.95. The highest BCUT2D eigenvalue weighted by Gasteiger charge is 2.14. The fraction of sp³-hybridized carbons (Fsp3) is 0.500.